The molecule has 0 radical (unpaired) electrons. The molecule has 1 aliphatic heterocycles. The molecule has 52 heavy (non-hydrogen) atoms. The van der Waals surface area contributed by atoms with Crippen LogP contribution in [0.4, 0.5) is 26.9 Å². The number of hydrogen-bond acceptors (Lipinski definition) is 9. The molecule has 1 saturated heterocycles. The van der Waals surface area contributed by atoms with Gasteiger partial charge in [-0.3, -0.25) is 9.88 Å². The number of hydrogen-bond donors (Lipinski definition) is 2. The van der Waals surface area contributed by atoms with E-state index < -0.39 is 35.0 Å². The van der Waals surface area contributed by atoms with E-state index in [0.717, 1.165) is 0 Å². The monoisotopic (exact) mass is 747 g/mol. The molecule has 0 unspecified atom stereocenters. The summed E-state index contributed by atoms with van der Waals surface area (Å²) in [5.74, 6) is -0.200. The van der Waals surface area contributed by atoms with Crippen LogP contribution in [0.3, 0.4) is 0 Å². The van der Waals surface area contributed by atoms with Gasteiger partial charge >= 0.3 is 12.1 Å². The molecule has 2 N–H and O–H groups in total. The van der Waals surface area contributed by atoms with E-state index in [1.165, 1.54) is 11.9 Å². The van der Waals surface area contributed by atoms with Crippen LogP contribution in [0.15, 0.2) is 67.0 Å². The Bertz CT molecular complexity index is 1820. The maximum absolute atomic E-state index is 14.0. The second-order valence-corrected chi connectivity index (χ2v) is 25.7. The van der Waals surface area contributed by atoms with E-state index in [0.29, 0.717) is 30.0 Å². The first-order valence-corrected chi connectivity index (χ1v) is 23.5. The first-order chi connectivity index (χ1) is 24.3. The van der Waals surface area contributed by atoms with E-state index in [-0.39, 0.29) is 39.6 Å². The minimum atomic E-state index is -2.21. The molecule has 0 spiro atoms. The lowest BCUT2D eigenvalue weighted by atomic mass is 10.2. The Morgan fingerprint density at radius 3 is 2.02 bits per heavy atom. The lowest BCUT2D eigenvalue weighted by molar-refractivity contribution is -0.0383. The van der Waals surface area contributed by atoms with Crippen LogP contribution in [0.2, 0.25) is 36.3 Å². The molecule has 280 valence electrons. The maximum Gasteiger partial charge on any atom is 0.425 e. The Kier molecular flexibility index (Phi) is 11.3. The molecule has 2 aromatic heterocycles. The Morgan fingerprint density at radius 2 is 1.48 bits per heavy atom. The predicted octanol–water partition coefficient (Wildman–Crippen LogP) is 8.61. The second kappa shape index (κ2) is 15.1. The number of para-hydroxylation sites is 2. The van der Waals surface area contributed by atoms with Gasteiger partial charge in [0.1, 0.15) is 12.3 Å². The Labute approximate surface area is 308 Å². The van der Waals surface area contributed by atoms with Crippen LogP contribution in [0.25, 0.3) is 11.2 Å². The van der Waals surface area contributed by atoms with E-state index in [9.17, 15) is 9.59 Å². The van der Waals surface area contributed by atoms with Gasteiger partial charge in [-0.25, -0.2) is 19.5 Å². The van der Waals surface area contributed by atoms with Crippen LogP contribution < -0.4 is 20.3 Å². The average molecular weight is 748 g/mol. The van der Waals surface area contributed by atoms with E-state index in [2.05, 4.69) is 93.3 Å². The third-order valence-electron chi connectivity index (χ3n) is 10.4. The third kappa shape index (κ3) is 8.55. The van der Waals surface area contributed by atoms with Gasteiger partial charge in [0.05, 0.1) is 30.4 Å². The number of rotatable bonds is 10. The standard InChI is InChI=1S/C37H53N7O6Si2/c1-36(2,3)51(8,9)47-23-28-27(50-52(10,11)37(4,5)6)22-29(48-28)43-24-39-30-31(43)40-33(42-34(45)38-7)41-32(30)49-35(46)44(25-18-14-12-15-19-25)26-20-16-13-17-21-26/h12-21,24,27-29H,22-23H2,1-11H3,(H2,38,40,41,42,45)/t27-,28+,29+/m0/s1. The highest BCUT2D eigenvalue weighted by atomic mass is 28.4. The number of benzene rings is 2. The van der Waals surface area contributed by atoms with Crippen molar-refractivity contribution in [2.45, 2.75) is 103 Å². The molecule has 3 atom stereocenters. The van der Waals surface area contributed by atoms with Gasteiger partial charge in [-0.15, -0.1) is 0 Å². The van der Waals surface area contributed by atoms with E-state index in [1.54, 1.807) is 10.9 Å². The van der Waals surface area contributed by atoms with Gasteiger partial charge in [0.25, 0.3) is 5.88 Å². The summed E-state index contributed by atoms with van der Waals surface area (Å²) in [6.07, 6.45) is 0.248. The molecule has 0 bridgehead atoms. The first-order valence-electron chi connectivity index (χ1n) is 17.6. The molecule has 2 aromatic carbocycles. The average Bonchev–Trinajstić information content (AvgIpc) is 3.67. The van der Waals surface area contributed by atoms with Crippen molar-refractivity contribution in [1.29, 1.82) is 0 Å². The Hall–Kier alpha value is -4.16. The summed E-state index contributed by atoms with van der Waals surface area (Å²) in [6.45, 7) is 22.6. The molecule has 0 saturated carbocycles. The van der Waals surface area contributed by atoms with Crippen molar-refractivity contribution in [3.05, 3.63) is 67.0 Å². The molecule has 1 aliphatic rings. The summed E-state index contributed by atoms with van der Waals surface area (Å²) in [4.78, 5) is 41.6. The van der Waals surface area contributed by atoms with Crippen molar-refractivity contribution >= 4 is 57.2 Å². The van der Waals surface area contributed by atoms with Crippen molar-refractivity contribution in [1.82, 2.24) is 24.8 Å². The molecular formula is C37H53N7O6Si2. The normalized spacial score (nSPS) is 18.3. The van der Waals surface area contributed by atoms with Crippen LogP contribution in [-0.4, -0.2) is 74.1 Å². The fourth-order valence-corrected chi connectivity index (χ4v) is 7.61. The van der Waals surface area contributed by atoms with Gasteiger partial charge in [0.2, 0.25) is 5.95 Å². The van der Waals surface area contributed by atoms with Crippen LogP contribution in [0.1, 0.15) is 54.2 Å². The number of ether oxygens (including phenoxy) is 2. The van der Waals surface area contributed by atoms with Gasteiger partial charge < -0.3 is 23.6 Å². The second-order valence-electron chi connectivity index (χ2n) is 16.1. The number of imidazole rings is 1. The van der Waals surface area contributed by atoms with Crippen LogP contribution >= 0.6 is 0 Å². The van der Waals surface area contributed by atoms with Gasteiger partial charge in [-0.2, -0.15) is 9.97 Å². The molecule has 3 amide bonds. The lowest BCUT2D eigenvalue weighted by Crippen LogP contribution is -2.48. The summed E-state index contributed by atoms with van der Waals surface area (Å²) in [6, 6.07) is 17.8. The summed E-state index contributed by atoms with van der Waals surface area (Å²) < 4.78 is 28.2. The maximum atomic E-state index is 14.0. The van der Waals surface area contributed by atoms with Gasteiger partial charge in [-0.05, 0) is 60.5 Å². The zero-order chi connectivity index (χ0) is 38.1. The van der Waals surface area contributed by atoms with E-state index in [4.69, 9.17) is 18.3 Å². The van der Waals surface area contributed by atoms with Crippen LogP contribution in [0.5, 0.6) is 5.88 Å². The zero-order valence-corrected chi connectivity index (χ0v) is 34.2. The molecule has 1 fully saturated rings. The summed E-state index contributed by atoms with van der Waals surface area (Å²) in [7, 11) is -2.83. The number of urea groups is 1. The largest absolute Gasteiger partial charge is 0.425 e. The number of fused-ring (bicyclic) bond motifs is 1. The number of amides is 3. The third-order valence-corrected chi connectivity index (χ3v) is 19.4. The molecule has 4 aromatic rings. The zero-order valence-electron chi connectivity index (χ0n) is 32.2. The topological polar surface area (TPSA) is 142 Å². The number of nitrogens with zero attached hydrogens (tertiary/aromatic N) is 5. The van der Waals surface area contributed by atoms with Crippen LogP contribution in [0, 0.1) is 0 Å². The predicted molar refractivity (Wildman–Crippen MR) is 208 cm³/mol. The fraction of sp³-hybridized carbons (Fsp3) is 0.486. The van der Waals surface area contributed by atoms with Gasteiger partial charge in [-0.1, -0.05) is 77.9 Å². The van der Waals surface area contributed by atoms with Gasteiger partial charge in [0.15, 0.2) is 27.8 Å². The Balaban J connectivity index is 1.52. The molecule has 15 heteroatoms. The molecule has 0 aliphatic carbocycles. The van der Waals surface area contributed by atoms with E-state index in [1.807, 2.05) is 60.7 Å². The number of aromatic nitrogens is 4. The number of anilines is 3. The van der Waals surface area contributed by atoms with Crippen molar-refractivity contribution in [3.63, 3.8) is 0 Å². The van der Waals surface area contributed by atoms with E-state index >= 15 is 0 Å². The summed E-state index contributed by atoms with van der Waals surface area (Å²) >= 11 is 0. The minimum absolute atomic E-state index is 0.0164. The van der Waals surface area contributed by atoms with Crippen molar-refractivity contribution in [3.8, 4) is 5.88 Å². The first kappa shape index (κ1) is 39.1. The SMILES string of the molecule is CNC(=O)Nc1nc(OC(=O)N(c2ccccc2)c2ccccc2)c2ncn([C@H]3C[C@H](O[Si](C)(C)C(C)(C)C)[C@@H](CO[Si](C)(C)C(C)(C)C)O3)c2n1. The van der Waals surface area contributed by atoms with Crippen molar-refractivity contribution < 1.29 is 27.9 Å². The lowest BCUT2D eigenvalue weighted by Gasteiger charge is -2.40. The number of carbonyl (C=O) groups is 2. The Morgan fingerprint density at radius 1 is 0.904 bits per heavy atom. The minimum Gasteiger partial charge on any atom is -0.414 e. The molecule has 3 heterocycles. The quantitative estimate of drug-likeness (QED) is 0.153. The van der Waals surface area contributed by atoms with Crippen LogP contribution in [-0.2, 0) is 13.6 Å². The molecule has 13 nitrogen and oxygen atoms in total. The summed E-state index contributed by atoms with van der Waals surface area (Å²) in [5.41, 5.74) is 1.73. The number of carbonyl (C=O) groups excluding carboxylic acids is 2. The smallest absolute Gasteiger partial charge is 0.414 e. The van der Waals surface area contributed by atoms with Crippen molar-refractivity contribution in [2.24, 2.45) is 0 Å². The highest BCUT2D eigenvalue weighted by Crippen LogP contribution is 2.43. The summed E-state index contributed by atoms with van der Waals surface area (Å²) in [5, 5.41) is 5.14. The number of nitrogens with one attached hydrogen (secondary N) is 2. The molecule has 5 rings (SSSR count). The van der Waals surface area contributed by atoms with Gasteiger partial charge in [0, 0.05) is 13.5 Å². The highest BCUT2D eigenvalue weighted by molar-refractivity contribution is 6.74. The molecular weight excluding hydrogens is 695 g/mol. The fourth-order valence-electron chi connectivity index (χ4n) is 5.24. The van der Waals surface area contributed by atoms with Crippen molar-refractivity contribution in [2.75, 3.05) is 23.9 Å². The highest BCUT2D eigenvalue weighted by Gasteiger charge is 2.47.